The smallest absolute Gasteiger partial charge is 0.0700 e. The molecular formula is C15H32N4O. The van der Waals surface area contributed by atoms with Gasteiger partial charge in [-0.25, -0.2) is 0 Å². The van der Waals surface area contributed by atoms with Crippen LogP contribution in [0.3, 0.4) is 0 Å². The number of piperazine rings is 1. The van der Waals surface area contributed by atoms with Gasteiger partial charge in [-0.2, -0.15) is 0 Å². The second-order valence-corrected chi connectivity index (χ2v) is 6.33. The molecule has 2 fully saturated rings. The first kappa shape index (κ1) is 16.2. The molecule has 0 saturated carbocycles. The van der Waals surface area contributed by atoms with Crippen molar-refractivity contribution in [1.29, 1.82) is 0 Å². The third kappa shape index (κ3) is 6.06. The molecule has 1 N–H and O–H groups in total. The second kappa shape index (κ2) is 8.95. The Morgan fingerprint density at radius 3 is 2.40 bits per heavy atom. The van der Waals surface area contributed by atoms with Gasteiger partial charge in [-0.3, -0.25) is 9.80 Å². The number of hydrogen-bond acceptors (Lipinski definition) is 5. The van der Waals surface area contributed by atoms with E-state index < -0.39 is 0 Å². The summed E-state index contributed by atoms with van der Waals surface area (Å²) in [6.07, 6.45) is 2.94. The molecule has 2 heterocycles. The molecule has 1 atom stereocenters. The molecule has 2 saturated heterocycles. The van der Waals surface area contributed by atoms with Gasteiger partial charge in [0, 0.05) is 65.5 Å². The molecule has 0 amide bonds. The molecular weight excluding hydrogens is 252 g/mol. The van der Waals surface area contributed by atoms with Crippen molar-refractivity contribution < 1.29 is 4.74 Å². The number of hydrogen-bond donors (Lipinski definition) is 1. The van der Waals surface area contributed by atoms with E-state index in [0.29, 0.717) is 6.10 Å². The molecule has 0 aromatic heterocycles. The fraction of sp³-hybridized carbons (Fsp3) is 1.00. The van der Waals surface area contributed by atoms with Crippen LogP contribution < -0.4 is 5.32 Å². The molecule has 0 spiro atoms. The highest BCUT2D eigenvalue weighted by Gasteiger charge is 2.17. The van der Waals surface area contributed by atoms with Gasteiger partial charge in [0.1, 0.15) is 0 Å². The largest absolute Gasteiger partial charge is 0.377 e. The molecule has 0 aromatic carbocycles. The predicted octanol–water partition coefficient (Wildman–Crippen LogP) is -0.0658. The van der Waals surface area contributed by atoms with Gasteiger partial charge in [-0.1, -0.05) is 0 Å². The summed E-state index contributed by atoms with van der Waals surface area (Å²) >= 11 is 0. The molecule has 2 rings (SSSR count). The van der Waals surface area contributed by atoms with Crippen LogP contribution in [0, 0.1) is 0 Å². The minimum Gasteiger partial charge on any atom is -0.377 e. The van der Waals surface area contributed by atoms with Gasteiger partial charge in [-0.05, 0) is 26.9 Å². The van der Waals surface area contributed by atoms with Crippen LogP contribution in [0.5, 0.6) is 0 Å². The molecule has 0 aromatic rings. The summed E-state index contributed by atoms with van der Waals surface area (Å²) in [5.74, 6) is 0. The van der Waals surface area contributed by atoms with E-state index >= 15 is 0 Å². The monoisotopic (exact) mass is 284 g/mol. The third-order valence-electron chi connectivity index (χ3n) is 4.33. The van der Waals surface area contributed by atoms with Crippen LogP contribution in [0.2, 0.25) is 0 Å². The zero-order valence-corrected chi connectivity index (χ0v) is 13.3. The highest BCUT2D eigenvalue weighted by molar-refractivity contribution is 4.74. The summed E-state index contributed by atoms with van der Waals surface area (Å²) in [6.45, 7) is 11.5. The lowest BCUT2D eigenvalue weighted by atomic mass is 10.2. The molecule has 2 aliphatic rings. The lowest BCUT2D eigenvalue weighted by molar-refractivity contribution is 0.105. The molecule has 0 radical (unpaired) electrons. The first-order chi connectivity index (χ1) is 9.74. The van der Waals surface area contributed by atoms with E-state index in [4.69, 9.17) is 4.74 Å². The minimum absolute atomic E-state index is 0.470. The van der Waals surface area contributed by atoms with Crippen LogP contribution in [0.25, 0.3) is 0 Å². The van der Waals surface area contributed by atoms with E-state index in [9.17, 15) is 0 Å². The maximum absolute atomic E-state index is 5.62. The van der Waals surface area contributed by atoms with Gasteiger partial charge in [0.25, 0.3) is 0 Å². The van der Waals surface area contributed by atoms with Crippen molar-refractivity contribution in [3.05, 3.63) is 0 Å². The van der Waals surface area contributed by atoms with Crippen LogP contribution in [0.4, 0.5) is 0 Å². The maximum Gasteiger partial charge on any atom is 0.0700 e. The zero-order valence-electron chi connectivity index (χ0n) is 13.3. The average molecular weight is 284 g/mol. The Morgan fingerprint density at radius 1 is 1.10 bits per heavy atom. The van der Waals surface area contributed by atoms with Gasteiger partial charge in [-0.15, -0.1) is 0 Å². The summed E-state index contributed by atoms with van der Waals surface area (Å²) in [7, 11) is 4.30. The maximum atomic E-state index is 5.62. The fourth-order valence-corrected chi connectivity index (χ4v) is 2.88. The molecule has 118 valence electrons. The Balaban J connectivity index is 1.47. The Kier molecular flexibility index (Phi) is 7.24. The number of ether oxygens (including phenoxy) is 1. The molecule has 1 unspecified atom stereocenters. The summed E-state index contributed by atoms with van der Waals surface area (Å²) in [6, 6.07) is 0. The Hall–Kier alpha value is -0.200. The minimum atomic E-state index is 0.470. The van der Waals surface area contributed by atoms with Crippen LogP contribution in [0.1, 0.15) is 12.8 Å². The quantitative estimate of drug-likeness (QED) is 0.631. The van der Waals surface area contributed by atoms with Crippen molar-refractivity contribution in [1.82, 2.24) is 20.0 Å². The SMILES string of the molecule is CN(C)CCN1CCN(CCNCC2CCCO2)CC1. The standard InChI is InChI=1S/C15H32N4O/c1-17(2)7-8-19-11-9-18(10-12-19)6-5-16-14-15-4-3-13-20-15/h15-16H,3-14H2,1-2H3. The van der Waals surface area contributed by atoms with E-state index in [2.05, 4.69) is 34.1 Å². The molecule has 2 aliphatic heterocycles. The topological polar surface area (TPSA) is 31.0 Å². The van der Waals surface area contributed by atoms with Crippen LogP contribution in [0.15, 0.2) is 0 Å². The summed E-state index contributed by atoms with van der Waals surface area (Å²) in [5, 5.41) is 3.54. The van der Waals surface area contributed by atoms with Crippen molar-refractivity contribution in [2.75, 3.05) is 79.6 Å². The van der Waals surface area contributed by atoms with E-state index in [1.165, 1.54) is 58.7 Å². The number of nitrogens with zero attached hydrogens (tertiary/aromatic N) is 3. The van der Waals surface area contributed by atoms with Gasteiger partial charge < -0.3 is 15.0 Å². The lowest BCUT2D eigenvalue weighted by Gasteiger charge is -2.35. The third-order valence-corrected chi connectivity index (χ3v) is 4.33. The Bertz CT molecular complexity index is 248. The van der Waals surface area contributed by atoms with Crippen LogP contribution in [-0.2, 0) is 4.74 Å². The average Bonchev–Trinajstić information content (AvgIpc) is 2.96. The van der Waals surface area contributed by atoms with Crippen molar-refractivity contribution in [3.8, 4) is 0 Å². The van der Waals surface area contributed by atoms with Gasteiger partial charge in [0.2, 0.25) is 0 Å². The van der Waals surface area contributed by atoms with Gasteiger partial charge >= 0.3 is 0 Å². The summed E-state index contributed by atoms with van der Waals surface area (Å²) in [4.78, 5) is 7.42. The van der Waals surface area contributed by atoms with E-state index in [1.807, 2.05) is 0 Å². The number of likely N-dealkylation sites (N-methyl/N-ethyl adjacent to an activating group) is 1. The molecule has 20 heavy (non-hydrogen) atoms. The first-order valence-corrected chi connectivity index (χ1v) is 8.16. The molecule has 0 aliphatic carbocycles. The Labute approximate surface area is 124 Å². The molecule has 5 nitrogen and oxygen atoms in total. The van der Waals surface area contributed by atoms with Crippen molar-refractivity contribution in [3.63, 3.8) is 0 Å². The zero-order chi connectivity index (χ0) is 14.2. The molecule has 0 bridgehead atoms. The number of nitrogens with one attached hydrogen (secondary N) is 1. The van der Waals surface area contributed by atoms with Gasteiger partial charge in [0.15, 0.2) is 0 Å². The first-order valence-electron chi connectivity index (χ1n) is 8.16. The summed E-state index contributed by atoms with van der Waals surface area (Å²) < 4.78 is 5.62. The molecule has 5 heteroatoms. The van der Waals surface area contributed by atoms with E-state index in [0.717, 1.165) is 19.7 Å². The van der Waals surface area contributed by atoms with Crippen LogP contribution >= 0.6 is 0 Å². The highest BCUT2D eigenvalue weighted by atomic mass is 16.5. The van der Waals surface area contributed by atoms with Gasteiger partial charge in [0.05, 0.1) is 6.10 Å². The fourth-order valence-electron chi connectivity index (χ4n) is 2.88. The van der Waals surface area contributed by atoms with E-state index in [1.54, 1.807) is 0 Å². The lowest BCUT2D eigenvalue weighted by Crippen LogP contribution is -2.49. The van der Waals surface area contributed by atoms with E-state index in [-0.39, 0.29) is 0 Å². The predicted molar refractivity (Wildman–Crippen MR) is 83.3 cm³/mol. The van der Waals surface area contributed by atoms with Crippen molar-refractivity contribution >= 4 is 0 Å². The Morgan fingerprint density at radius 2 is 1.80 bits per heavy atom. The van der Waals surface area contributed by atoms with Crippen LogP contribution in [-0.4, -0.2) is 100 Å². The second-order valence-electron chi connectivity index (χ2n) is 6.33. The number of rotatable bonds is 8. The van der Waals surface area contributed by atoms with Crippen molar-refractivity contribution in [2.24, 2.45) is 0 Å². The van der Waals surface area contributed by atoms with Crippen molar-refractivity contribution in [2.45, 2.75) is 18.9 Å². The summed E-state index contributed by atoms with van der Waals surface area (Å²) in [5.41, 5.74) is 0. The normalized spacial score (nSPS) is 25.6. The highest BCUT2D eigenvalue weighted by Crippen LogP contribution is 2.10.